The maximum absolute atomic E-state index is 9.58. The first-order chi connectivity index (χ1) is 6.33. The van der Waals surface area contributed by atoms with Crippen LogP contribution in [0.25, 0.3) is 0 Å². The van der Waals surface area contributed by atoms with Crippen LogP contribution in [0.5, 0.6) is 0 Å². The number of hydrogen-bond acceptors (Lipinski definition) is 1. The first-order valence-electron chi connectivity index (χ1n) is 4.66. The molecule has 0 aliphatic heterocycles. The smallest absolute Gasteiger partial charge is 0.0614 e. The van der Waals surface area contributed by atoms with E-state index in [2.05, 4.69) is 0 Å². The average molecular weight is 176 g/mol. The number of aliphatic hydroxyl groups excluding tert-OH is 1. The van der Waals surface area contributed by atoms with Crippen molar-refractivity contribution in [3.8, 4) is 0 Å². The summed E-state index contributed by atoms with van der Waals surface area (Å²) < 4.78 is 0. The monoisotopic (exact) mass is 176 g/mol. The normalized spacial score (nSPS) is 13.4. The summed E-state index contributed by atoms with van der Waals surface area (Å²) >= 11 is 0. The highest BCUT2D eigenvalue weighted by Crippen LogP contribution is 2.05. The zero-order valence-corrected chi connectivity index (χ0v) is 7.98. The predicted octanol–water partition coefficient (Wildman–Crippen LogP) is 2.56. The third-order valence-corrected chi connectivity index (χ3v) is 1.96. The van der Waals surface area contributed by atoms with Crippen LogP contribution < -0.4 is 0 Å². The largest absolute Gasteiger partial charge is 0.392 e. The Hall–Kier alpha value is -1.08. The van der Waals surface area contributed by atoms with E-state index in [1.54, 1.807) is 0 Å². The minimum atomic E-state index is -0.251. The zero-order chi connectivity index (χ0) is 9.52. The van der Waals surface area contributed by atoms with Crippen molar-refractivity contribution in [2.45, 2.75) is 25.9 Å². The molecule has 1 atom stereocenters. The molecule has 1 rings (SSSR count). The first kappa shape index (κ1) is 10.0. The van der Waals surface area contributed by atoms with Crippen molar-refractivity contribution in [2.24, 2.45) is 0 Å². The van der Waals surface area contributed by atoms with Gasteiger partial charge >= 0.3 is 0 Å². The van der Waals surface area contributed by atoms with Gasteiger partial charge in [-0.1, -0.05) is 42.5 Å². The van der Waals surface area contributed by atoms with Crippen molar-refractivity contribution < 1.29 is 5.11 Å². The van der Waals surface area contributed by atoms with Crippen LogP contribution in [-0.4, -0.2) is 11.2 Å². The highest BCUT2D eigenvalue weighted by Gasteiger charge is 2.01. The highest BCUT2D eigenvalue weighted by molar-refractivity contribution is 5.15. The van der Waals surface area contributed by atoms with Gasteiger partial charge in [-0.2, -0.15) is 0 Å². The molecular weight excluding hydrogens is 160 g/mol. The number of benzene rings is 1. The lowest BCUT2D eigenvalue weighted by atomic mass is 10.1. The van der Waals surface area contributed by atoms with E-state index in [1.807, 2.05) is 49.4 Å². The van der Waals surface area contributed by atoms with Gasteiger partial charge in [0.25, 0.3) is 0 Å². The van der Waals surface area contributed by atoms with Gasteiger partial charge < -0.3 is 5.11 Å². The summed E-state index contributed by atoms with van der Waals surface area (Å²) in [5.41, 5.74) is 1.19. The molecule has 0 saturated carbocycles. The Balaban J connectivity index is 2.40. The molecule has 70 valence electrons. The van der Waals surface area contributed by atoms with Crippen LogP contribution in [0.4, 0.5) is 0 Å². The van der Waals surface area contributed by atoms with Gasteiger partial charge in [0.1, 0.15) is 0 Å². The second-order valence-electron chi connectivity index (χ2n) is 3.15. The molecule has 0 aliphatic carbocycles. The number of aliphatic hydroxyl groups is 1. The molecule has 1 N–H and O–H groups in total. The van der Waals surface area contributed by atoms with Crippen molar-refractivity contribution >= 4 is 0 Å². The molecule has 0 heterocycles. The van der Waals surface area contributed by atoms with Gasteiger partial charge in [0.15, 0.2) is 0 Å². The minimum absolute atomic E-state index is 0.251. The van der Waals surface area contributed by atoms with Crippen molar-refractivity contribution in [1.82, 2.24) is 0 Å². The van der Waals surface area contributed by atoms with Gasteiger partial charge in [0.2, 0.25) is 0 Å². The van der Waals surface area contributed by atoms with Crippen molar-refractivity contribution in [3.63, 3.8) is 0 Å². The van der Waals surface area contributed by atoms with Gasteiger partial charge in [-0.3, -0.25) is 0 Å². The lowest BCUT2D eigenvalue weighted by Crippen LogP contribution is -2.08. The summed E-state index contributed by atoms with van der Waals surface area (Å²) in [5.74, 6) is 0. The fraction of sp³-hybridized carbons (Fsp3) is 0.333. The van der Waals surface area contributed by atoms with Crippen LogP contribution in [0.3, 0.4) is 0 Å². The van der Waals surface area contributed by atoms with Crippen molar-refractivity contribution in [1.29, 1.82) is 0 Å². The molecule has 1 nitrogen and oxygen atoms in total. The van der Waals surface area contributed by atoms with E-state index >= 15 is 0 Å². The minimum Gasteiger partial charge on any atom is -0.392 e. The van der Waals surface area contributed by atoms with E-state index in [0.29, 0.717) is 0 Å². The fourth-order valence-corrected chi connectivity index (χ4v) is 1.26. The lowest BCUT2D eigenvalue weighted by Gasteiger charge is -2.07. The third kappa shape index (κ3) is 3.90. The van der Waals surface area contributed by atoms with E-state index in [1.165, 1.54) is 5.56 Å². The summed E-state index contributed by atoms with van der Waals surface area (Å²) in [6.07, 6.45) is 5.19. The van der Waals surface area contributed by atoms with Crippen LogP contribution in [0, 0.1) is 0 Å². The first-order valence-corrected chi connectivity index (χ1v) is 4.66. The van der Waals surface area contributed by atoms with Gasteiger partial charge in [-0.25, -0.2) is 0 Å². The summed E-state index contributed by atoms with van der Waals surface area (Å²) in [7, 11) is 0. The van der Waals surface area contributed by atoms with Crippen LogP contribution in [0.2, 0.25) is 0 Å². The maximum atomic E-state index is 9.58. The number of allylic oxidation sites excluding steroid dienone is 1. The topological polar surface area (TPSA) is 20.2 Å². The molecule has 0 saturated heterocycles. The summed E-state index contributed by atoms with van der Waals surface area (Å²) in [4.78, 5) is 0. The number of rotatable bonds is 4. The Kier molecular flexibility index (Phi) is 4.27. The van der Waals surface area contributed by atoms with Crippen molar-refractivity contribution in [2.75, 3.05) is 0 Å². The zero-order valence-electron chi connectivity index (χ0n) is 7.98. The van der Waals surface area contributed by atoms with Crippen LogP contribution in [0.1, 0.15) is 18.9 Å². The van der Waals surface area contributed by atoms with E-state index in [-0.39, 0.29) is 6.10 Å². The van der Waals surface area contributed by atoms with Gasteiger partial charge in [-0.05, 0) is 25.3 Å². The molecule has 1 aromatic rings. The molecule has 0 aromatic heterocycles. The molecule has 0 fully saturated rings. The molecular formula is C12H16O. The standard InChI is InChI=1S/C12H16O/c1-2-3-9-12(13)10-11-7-5-4-6-8-11/h2-8,12-13H,9-10H2,1H3/b3-2+/t12-/m1/s1. The molecule has 0 radical (unpaired) electrons. The molecule has 1 aromatic carbocycles. The fourth-order valence-electron chi connectivity index (χ4n) is 1.26. The molecule has 0 aliphatic rings. The number of hydrogen-bond donors (Lipinski definition) is 1. The predicted molar refractivity (Wildman–Crippen MR) is 55.6 cm³/mol. The molecule has 13 heavy (non-hydrogen) atoms. The van der Waals surface area contributed by atoms with Gasteiger partial charge in [0, 0.05) is 0 Å². The van der Waals surface area contributed by atoms with Gasteiger partial charge in [-0.15, -0.1) is 0 Å². The third-order valence-electron chi connectivity index (χ3n) is 1.96. The van der Waals surface area contributed by atoms with Gasteiger partial charge in [0.05, 0.1) is 6.10 Å². The Morgan fingerprint density at radius 2 is 2.00 bits per heavy atom. The molecule has 0 bridgehead atoms. The Bertz CT molecular complexity index is 251. The van der Waals surface area contributed by atoms with E-state index in [0.717, 1.165) is 12.8 Å². The summed E-state index contributed by atoms with van der Waals surface area (Å²) in [5, 5.41) is 9.58. The van der Waals surface area contributed by atoms with Crippen molar-refractivity contribution in [3.05, 3.63) is 48.0 Å². The Morgan fingerprint density at radius 3 is 2.62 bits per heavy atom. The molecule has 1 heteroatoms. The van der Waals surface area contributed by atoms with E-state index in [9.17, 15) is 5.11 Å². The second-order valence-corrected chi connectivity index (χ2v) is 3.15. The lowest BCUT2D eigenvalue weighted by molar-refractivity contribution is 0.178. The summed E-state index contributed by atoms with van der Waals surface area (Å²) in [6.45, 7) is 1.97. The quantitative estimate of drug-likeness (QED) is 0.699. The second kappa shape index (κ2) is 5.55. The molecule has 0 amide bonds. The van der Waals surface area contributed by atoms with E-state index < -0.39 is 0 Å². The summed E-state index contributed by atoms with van der Waals surface area (Å²) in [6, 6.07) is 10.1. The average Bonchev–Trinajstić information content (AvgIpc) is 2.16. The van der Waals surface area contributed by atoms with E-state index in [4.69, 9.17) is 0 Å². The maximum Gasteiger partial charge on any atom is 0.0614 e. The van der Waals surface area contributed by atoms with Crippen LogP contribution in [0.15, 0.2) is 42.5 Å². The Morgan fingerprint density at radius 1 is 1.31 bits per heavy atom. The Labute approximate surface area is 79.7 Å². The highest BCUT2D eigenvalue weighted by atomic mass is 16.3. The van der Waals surface area contributed by atoms with Crippen LogP contribution >= 0.6 is 0 Å². The SMILES string of the molecule is C/C=C/C[C@@H](O)Cc1ccccc1. The van der Waals surface area contributed by atoms with Crippen LogP contribution in [-0.2, 0) is 6.42 Å². The molecule has 0 unspecified atom stereocenters. The molecule has 0 spiro atoms.